The number of nitrogens with one attached hydrogen (secondary N) is 2. The molecule has 1 aliphatic heterocycles. The zero-order valence-corrected chi connectivity index (χ0v) is 16.0. The van der Waals surface area contributed by atoms with Crippen LogP contribution in [0.1, 0.15) is 57.3 Å². The molecule has 154 valence electrons. The summed E-state index contributed by atoms with van der Waals surface area (Å²) in [5.74, 6) is 1.54. The molecule has 1 aliphatic rings. The molecule has 1 aromatic heterocycles. The van der Waals surface area contributed by atoms with Gasteiger partial charge in [0.25, 0.3) is 0 Å². The fourth-order valence-electron chi connectivity index (χ4n) is 3.27. The molecule has 27 heavy (non-hydrogen) atoms. The zero-order chi connectivity index (χ0) is 19.5. The topological polar surface area (TPSA) is 52.8 Å². The lowest BCUT2D eigenvalue weighted by atomic mass is 10.1. The van der Waals surface area contributed by atoms with Crippen molar-refractivity contribution in [3.05, 3.63) is 24.2 Å². The van der Waals surface area contributed by atoms with Crippen LogP contribution in [0.5, 0.6) is 0 Å². The predicted octanol–water partition coefficient (Wildman–Crippen LogP) is 4.09. The van der Waals surface area contributed by atoms with Crippen molar-refractivity contribution < 1.29 is 17.6 Å². The van der Waals surface area contributed by atoms with Gasteiger partial charge in [0.2, 0.25) is 0 Å². The number of guanidine groups is 1. The van der Waals surface area contributed by atoms with Gasteiger partial charge >= 0.3 is 6.18 Å². The van der Waals surface area contributed by atoms with Crippen LogP contribution in [0.25, 0.3) is 0 Å². The Morgan fingerprint density at radius 1 is 1.22 bits per heavy atom. The molecule has 1 fully saturated rings. The minimum atomic E-state index is -4.08. The third-order valence-corrected chi connectivity index (χ3v) is 4.65. The monoisotopic (exact) mass is 388 g/mol. The van der Waals surface area contributed by atoms with Crippen molar-refractivity contribution in [2.24, 2.45) is 4.99 Å². The molecule has 0 bridgehead atoms. The van der Waals surface area contributed by atoms with E-state index in [4.69, 9.17) is 4.42 Å². The summed E-state index contributed by atoms with van der Waals surface area (Å²) in [6.07, 6.45) is 1.06. The summed E-state index contributed by atoms with van der Waals surface area (Å²) in [6.45, 7) is 5.74. The molecule has 1 aromatic rings. The second kappa shape index (κ2) is 11.2. The van der Waals surface area contributed by atoms with Gasteiger partial charge in [0, 0.05) is 19.5 Å². The quantitative estimate of drug-likeness (QED) is 0.380. The van der Waals surface area contributed by atoms with Crippen molar-refractivity contribution in [2.75, 3.05) is 32.7 Å². The Hall–Kier alpha value is -1.70. The molecule has 0 amide bonds. The number of nitrogens with zero attached hydrogens (tertiary/aromatic N) is 2. The Labute approximate surface area is 159 Å². The minimum absolute atomic E-state index is 0.0842. The SMILES string of the molecule is CCNC(=NCC(c1ccco1)N1CCCCC1)NCCCCC(F)(F)F. The highest BCUT2D eigenvalue weighted by molar-refractivity contribution is 5.79. The van der Waals surface area contributed by atoms with Crippen LogP contribution in [0, 0.1) is 0 Å². The Balaban J connectivity index is 1.89. The van der Waals surface area contributed by atoms with Crippen molar-refractivity contribution >= 4 is 5.96 Å². The van der Waals surface area contributed by atoms with E-state index in [1.165, 1.54) is 19.3 Å². The Morgan fingerprint density at radius 3 is 2.63 bits per heavy atom. The van der Waals surface area contributed by atoms with E-state index in [0.29, 0.717) is 32.0 Å². The largest absolute Gasteiger partial charge is 0.468 e. The fourth-order valence-corrected chi connectivity index (χ4v) is 3.27. The summed E-state index contributed by atoms with van der Waals surface area (Å²) in [7, 11) is 0. The van der Waals surface area contributed by atoms with Gasteiger partial charge < -0.3 is 15.1 Å². The molecule has 0 spiro atoms. The smallest absolute Gasteiger partial charge is 0.389 e. The van der Waals surface area contributed by atoms with Crippen molar-refractivity contribution in [3.63, 3.8) is 0 Å². The first-order chi connectivity index (χ1) is 13.0. The van der Waals surface area contributed by atoms with E-state index in [1.807, 2.05) is 19.1 Å². The van der Waals surface area contributed by atoms with Gasteiger partial charge in [-0.15, -0.1) is 0 Å². The number of likely N-dealkylation sites (tertiary alicyclic amines) is 1. The molecule has 1 atom stereocenters. The lowest BCUT2D eigenvalue weighted by Crippen LogP contribution is -2.39. The van der Waals surface area contributed by atoms with Crippen LogP contribution in [0.4, 0.5) is 13.2 Å². The molecule has 0 saturated carbocycles. The van der Waals surface area contributed by atoms with Gasteiger partial charge in [0.15, 0.2) is 5.96 Å². The lowest BCUT2D eigenvalue weighted by Gasteiger charge is -2.32. The number of aliphatic imine (C=N–C) groups is 1. The average Bonchev–Trinajstić information content (AvgIpc) is 3.16. The molecule has 0 radical (unpaired) electrons. The average molecular weight is 388 g/mol. The van der Waals surface area contributed by atoms with E-state index in [1.54, 1.807) is 6.26 Å². The zero-order valence-electron chi connectivity index (χ0n) is 16.0. The Morgan fingerprint density at radius 2 is 2.00 bits per heavy atom. The van der Waals surface area contributed by atoms with Gasteiger partial charge in [-0.05, 0) is 57.8 Å². The van der Waals surface area contributed by atoms with Gasteiger partial charge in [-0.1, -0.05) is 6.42 Å². The van der Waals surface area contributed by atoms with Gasteiger partial charge in [0.05, 0.1) is 18.8 Å². The van der Waals surface area contributed by atoms with Gasteiger partial charge in [-0.2, -0.15) is 13.2 Å². The van der Waals surface area contributed by atoms with Gasteiger partial charge in [-0.3, -0.25) is 9.89 Å². The molecule has 1 saturated heterocycles. The van der Waals surface area contributed by atoms with E-state index in [0.717, 1.165) is 18.8 Å². The first-order valence-corrected chi connectivity index (χ1v) is 9.86. The molecule has 2 N–H and O–H groups in total. The van der Waals surface area contributed by atoms with Gasteiger partial charge in [-0.25, -0.2) is 0 Å². The van der Waals surface area contributed by atoms with E-state index < -0.39 is 12.6 Å². The standard InChI is InChI=1S/C19H31F3N4O/c1-2-23-18(24-11-5-4-10-19(20,21)22)25-15-16(17-9-8-14-27-17)26-12-6-3-7-13-26/h8-9,14,16H,2-7,10-13,15H2,1H3,(H2,23,24,25). The van der Waals surface area contributed by atoms with Crippen molar-refractivity contribution in [2.45, 2.75) is 57.7 Å². The van der Waals surface area contributed by atoms with Crippen molar-refractivity contribution in [1.29, 1.82) is 0 Å². The molecule has 8 heteroatoms. The highest BCUT2D eigenvalue weighted by Gasteiger charge is 2.26. The summed E-state index contributed by atoms with van der Waals surface area (Å²) in [4.78, 5) is 7.06. The summed E-state index contributed by atoms with van der Waals surface area (Å²) < 4.78 is 42.3. The Bertz CT molecular complexity index is 540. The number of alkyl halides is 3. The first-order valence-electron chi connectivity index (χ1n) is 9.86. The van der Waals surface area contributed by atoms with Gasteiger partial charge in [0.1, 0.15) is 5.76 Å². The summed E-state index contributed by atoms with van der Waals surface area (Å²) in [5, 5.41) is 6.29. The van der Waals surface area contributed by atoms with Crippen LogP contribution >= 0.6 is 0 Å². The number of piperidine rings is 1. The molecular weight excluding hydrogens is 357 g/mol. The van der Waals surface area contributed by atoms with Crippen molar-refractivity contribution in [3.8, 4) is 0 Å². The van der Waals surface area contributed by atoms with Crippen LogP contribution in [-0.4, -0.2) is 49.8 Å². The molecule has 1 unspecified atom stereocenters. The second-order valence-electron chi connectivity index (χ2n) is 6.85. The van der Waals surface area contributed by atoms with Crippen LogP contribution < -0.4 is 10.6 Å². The number of halogens is 3. The second-order valence-corrected chi connectivity index (χ2v) is 6.85. The van der Waals surface area contributed by atoms with Crippen LogP contribution in [-0.2, 0) is 0 Å². The molecule has 0 aromatic carbocycles. The first kappa shape index (κ1) is 21.6. The van der Waals surface area contributed by atoms with E-state index >= 15 is 0 Å². The van der Waals surface area contributed by atoms with Crippen LogP contribution in [0.3, 0.4) is 0 Å². The summed E-state index contributed by atoms with van der Waals surface area (Å²) >= 11 is 0. The number of rotatable bonds is 9. The fraction of sp³-hybridized carbons (Fsp3) is 0.737. The molecule has 5 nitrogen and oxygen atoms in total. The maximum atomic E-state index is 12.2. The van der Waals surface area contributed by atoms with Crippen molar-refractivity contribution in [1.82, 2.24) is 15.5 Å². The molecule has 2 heterocycles. The Kier molecular flexibility index (Phi) is 8.97. The molecular formula is C19H31F3N4O. The third kappa shape index (κ3) is 8.24. The van der Waals surface area contributed by atoms with E-state index in [9.17, 15) is 13.2 Å². The highest BCUT2D eigenvalue weighted by atomic mass is 19.4. The predicted molar refractivity (Wildman–Crippen MR) is 101 cm³/mol. The van der Waals surface area contributed by atoms with E-state index in [-0.39, 0.29) is 12.5 Å². The van der Waals surface area contributed by atoms with Crippen LogP contribution in [0.2, 0.25) is 0 Å². The molecule has 0 aliphatic carbocycles. The maximum Gasteiger partial charge on any atom is 0.389 e. The summed E-state index contributed by atoms with van der Waals surface area (Å²) in [6, 6.07) is 3.95. The minimum Gasteiger partial charge on any atom is -0.468 e. The number of furan rings is 1. The highest BCUT2D eigenvalue weighted by Crippen LogP contribution is 2.25. The van der Waals surface area contributed by atoms with E-state index in [2.05, 4.69) is 20.5 Å². The van der Waals surface area contributed by atoms with Crippen LogP contribution in [0.15, 0.2) is 27.8 Å². The lowest BCUT2D eigenvalue weighted by molar-refractivity contribution is -0.135. The maximum absolute atomic E-state index is 12.2. The summed E-state index contributed by atoms with van der Waals surface area (Å²) in [5.41, 5.74) is 0. The number of unbranched alkanes of at least 4 members (excludes halogenated alkanes) is 1. The third-order valence-electron chi connectivity index (χ3n) is 4.65. The number of hydrogen-bond acceptors (Lipinski definition) is 3. The normalized spacial score (nSPS) is 17.7. The number of hydrogen-bond donors (Lipinski definition) is 2. The molecule has 2 rings (SSSR count).